The Hall–Kier alpha value is -4.05. The molecule has 3 aromatic carbocycles. The van der Waals surface area contributed by atoms with Crippen molar-refractivity contribution in [2.24, 2.45) is 17.8 Å². The number of ether oxygens (including phenoxy) is 3. The van der Waals surface area contributed by atoms with Gasteiger partial charge in [-0.15, -0.1) is 0 Å². The van der Waals surface area contributed by atoms with Gasteiger partial charge in [0.15, 0.2) is 0 Å². The highest BCUT2D eigenvalue weighted by Crippen LogP contribution is 2.43. The Bertz CT molecular complexity index is 1490. The van der Waals surface area contributed by atoms with Crippen LogP contribution in [0.4, 0.5) is 0 Å². The minimum atomic E-state index is -0.0158. The molecule has 6 aliphatic heterocycles. The van der Waals surface area contributed by atoms with Gasteiger partial charge in [0.1, 0.15) is 19.8 Å². The normalized spacial score (nSPS) is 30.6. The highest BCUT2D eigenvalue weighted by atomic mass is 16.5. The zero-order valence-corrected chi connectivity index (χ0v) is 32.1. The van der Waals surface area contributed by atoms with Gasteiger partial charge in [0.05, 0.1) is 17.8 Å². The lowest BCUT2D eigenvalue weighted by Crippen LogP contribution is -2.31. The van der Waals surface area contributed by atoms with E-state index in [4.69, 9.17) is 14.2 Å². The van der Waals surface area contributed by atoms with Gasteiger partial charge in [-0.3, -0.25) is 29.1 Å². The molecule has 6 saturated heterocycles. The third-order valence-electron chi connectivity index (χ3n) is 13.2. The van der Waals surface area contributed by atoms with Gasteiger partial charge in [-0.05, 0) is 95.6 Å². The molecule has 0 amide bonds. The molecular weight excluding hydrogens is 679 g/mol. The summed E-state index contributed by atoms with van der Waals surface area (Å²) in [7, 11) is 6.40. The number of benzene rings is 3. The minimum absolute atomic E-state index is 0.0158. The number of carbonyl (C=O) groups is 3. The summed E-state index contributed by atoms with van der Waals surface area (Å²) >= 11 is 0. The number of nitrogens with zero attached hydrogens (tertiary/aromatic N) is 3. The summed E-state index contributed by atoms with van der Waals surface area (Å²) in [4.78, 5) is 43.4. The SMILES string of the molecule is CN1C2CCC1C(C(=O)OCc1ccccc1)C2.CN1C2CCC1C(C(=O)OCc1ccccc1)C2.CN1C2CCC1C(C(=O)OCc1ccccc1)C2. The first kappa shape index (κ1) is 38.2. The third kappa shape index (κ3) is 8.74. The van der Waals surface area contributed by atoms with Crippen molar-refractivity contribution in [3.63, 3.8) is 0 Å². The first-order valence-electron chi connectivity index (χ1n) is 20.0. The predicted octanol–water partition coefficient (Wildman–Crippen LogP) is 6.64. The molecule has 0 N–H and O–H groups in total. The lowest BCUT2D eigenvalue weighted by atomic mass is 9.89. The molecule has 6 fully saturated rings. The van der Waals surface area contributed by atoms with Crippen molar-refractivity contribution in [1.82, 2.24) is 14.7 Å². The van der Waals surface area contributed by atoms with Crippen LogP contribution in [-0.4, -0.2) is 90.0 Å². The first-order chi connectivity index (χ1) is 26.3. The fourth-order valence-electron chi connectivity index (χ4n) is 10.0. The molecule has 0 aromatic heterocycles. The molecule has 0 spiro atoms. The second-order valence-electron chi connectivity index (χ2n) is 16.2. The highest BCUT2D eigenvalue weighted by Gasteiger charge is 2.49. The van der Waals surface area contributed by atoms with Gasteiger partial charge in [0.2, 0.25) is 0 Å². The second-order valence-corrected chi connectivity index (χ2v) is 16.2. The second kappa shape index (κ2) is 17.6. The Kier molecular flexibility index (Phi) is 12.5. The number of carbonyl (C=O) groups excluding carboxylic acids is 3. The maximum atomic E-state index is 12.1. The Morgan fingerprint density at radius 2 is 0.704 bits per heavy atom. The zero-order valence-electron chi connectivity index (χ0n) is 32.1. The third-order valence-corrected chi connectivity index (χ3v) is 13.2. The van der Waals surface area contributed by atoms with Crippen LogP contribution in [0.1, 0.15) is 74.5 Å². The zero-order chi connectivity index (χ0) is 37.6. The van der Waals surface area contributed by atoms with Gasteiger partial charge in [-0.1, -0.05) is 91.0 Å². The molecule has 9 nitrogen and oxygen atoms in total. The van der Waals surface area contributed by atoms with Crippen LogP contribution in [0.15, 0.2) is 91.0 Å². The van der Waals surface area contributed by atoms with Crippen molar-refractivity contribution in [3.8, 4) is 0 Å². The quantitative estimate of drug-likeness (QED) is 0.177. The van der Waals surface area contributed by atoms with Crippen molar-refractivity contribution in [1.29, 1.82) is 0 Å². The molecule has 0 saturated carbocycles. The van der Waals surface area contributed by atoms with Crippen molar-refractivity contribution in [2.45, 2.75) is 114 Å². The molecule has 6 aliphatic rings. The number of esters is 3. The van der Waals surface area contributed by atoms with E-state index in [0.29, 0.717) is 56.1 Å². The maximum absolute atomic E-state index is 12.1. The van der Waals surface area contributed by atoms with Crippen LogP contribution in [-0.2, 0) is 48.4 Å². The maximum Gasteiger partial charge on any atom is 0.310 e. The van der Waals surface area contributed by atoms with Gasteiger partial charge in [-0.2, -0.15) is 0 Å². The summed E-state index contributed by atoms with van der Waals surface area (Å²) in [5.41, 5.74) is 3.17. The van der Waals surface area contributed by atoms with E-state index in [9.17, 15) is 14.4 Å². The van der Waals surface area contributed by atoms with Crippen molar-refractivity contribution in [2.75, 3.05) is 21.1 Å². The Morgan fingerprint density at radius 1 is 0.444 bits per heavy atom. The molecule has 3 aromatic rings. The van der Waals surface area contributed by atoms with Gasteiger partial charge in [0, 0.05) is 36.3 Å². The predicted molar refractivity (Wildman–Crippen MR) is 207 cm³/mol. The van der Waals surface area contributed by atoms with E-state index < -0.39 is 0 Å². The number of rotatable bonds is 9. The number of hydrogen-bond donors (Lipinski definition) is 0. The van der Waals surface area contributed by atoms with Crippen LogP contribution < -0.4 is 0 Å². The molecule has 0 aliphatic carbocycles. The highest BCUT2D eigenvalue weighted by molar-refractivity contribution is 5.75. The lowest BCUT2D eigenvalue weighted by molar-refractivity contribution is -0.151. The summed E-state index contributed by atoms with van der Waals surface area (Å²) < 4.78 is 16.3. The molecule has 6 heterocycles. The lowest BCUT2D eigenvalue weighted by Gasteiger charge is -2.20. The number of hydrogen-bond acceptors (Lipinski definition) is 9. The molecular formula is C45H57N3O6. The van der Waals surface area contributed by atoms with Gasteiger partial charge >= 0.3 is 17.9 Å². The minimum Gasteiger partial charge on any atom is -0.461 e. The van der Waals surface area contributed by atoms with Gasteiger partial charge in [0.25, 0.3) is 0 Å². The standard InChI is InChI=1S/3C15H19NO2/c3*1-16-12-7-8-14(16)13(9-12)15(17)18-10-11-5-3-2-4-6-11/h3*2-6,12-14H,7-10H2,1H3. The summed E-state index contributed by atoms with van der Waals surface area (Å²) in [5, 5.41) is 0. The number of fused-ring (bicyclic) bond motifs is 6. The molecule has 9 heteroatoms. The van der Waals surface area contributed by atoms with Gasteiger partial charge < -0.3 is 14.2 Å². The Morgan fingerprint density at radius 3 is 0.907 bits per heavy atom. The smallest absolute Gasteiger partial charge is 0.310 e. The largest absolute Gasteiger partial charge is 0.461 e. The Balaban J connectivity index is 0.000000125. The average Bonchev–Trinajstić information content (AvgIpc) is 4.08. The van der Waals surface area contributed by atoms with E-state index in [0.717, 1.165) is 55.2 Å². The average molecular weight is 736 g/mol. The monoisotopic (exact) mass is 735 g/mol. The van der Waals surface area contributed by atoms with Gasteiger partial charge in [-0.25, -0.2) is 0 Å². The molecule has 6 bridgehead atoms. The molecule has 9 unspecified atom stereocenters. The fourth-order valence-corrected chi connectivity index (χ4v) is 10.0. The molecule has 9 atom stereocenters. The summed E-state index contributed by atoms with van der Waals surface area (Å²) in [5.74, 6) is 0.237. The van der Waals surface area contributed by atoms with Crippen LogP contribution in [0.3, 0.4) is 0 Å². The van der Waals surface area contributed by atoms with Crippen LogP contribution >= 0.6 is 0 Å². The van der Waals surface area contributed by atoms with Crippen molar-refractivity contribution in [3.05, 3.63) is 108 Å². The van der Waals surface area contributed by atoms with E-state index in [1.165, 1.54) is 19.3 Å². The van der Waals surface area contributed by atoms with Crippen molar-refractivity contribution >= 4 is 17.9 Å². The summed E-state index contributed by atoms with van der Waals surface area (Å²) in [6, 6.07) is 32.7. The molecule has 288 valence electrons. The van der Waals surface area contributed by atoms with E-state index in [1.807, 2.05) is 91.0 Å². The topological polar surface area (TPSA) is 88.6 Å². The first-order valence-corrected chi connectivity index (χ1v) is 20.0. The van der Waals surface area contributed by atoms with Crippen LogP contribution in [0.5, 0.6) is 0 Å². The van der Waals surface area contributed by atoms with Crippen LogP contribution in [0, 0.1) is 17.8 Å². The molecule has 9 rings (SSSR count). The van der Waals surface area contributed by atoms with E-state index >= 15 is 0 Å². The van der Waals surface area contributed by atoms with E-state index in [1.54, 1.807) is 0 Å². The van der Waals surface area contributed by atoms with Crippen molar-refractivity contribution < 1.29 is 28.6 Å². The summed E-state index contributed by atoms with van der Waals surface area (Å²) in [6.07, 6.45) is 10.1. The molecule has 0 radical (unpaired) electrons. The van der Waals surface area contributed by atoms with Crippen LogP contribution in [0.25, 0.3) is 0 Å². The Labute approximate surface area is 320 Å². The van der Waals surface area contributed by atoms with E-state index in [-0.39, 0.29) is 35.7 Å². The summed E-state index contributed by atoms with van der Waals surface area (Å²) in [6.45, 7) is 1.20. The fraction of sp³-hybridized carbons (Fsp3) is 0.533. The van der Waals surface area contributed by atoms with Crippen LogP contribution in [0.2, 0.25) is 0 Å². The molecule has 54 heavy (non-hydrogen) atoms. The van der Waals surface area contributed by atoms with E-state index in [2.05, 4.69) is 35.8 Å².